The van der Waals surface area contributed by atoms with E-state index in [0.717, 1.165) is 25.7 Å². The number of benzene rings is 2. The quantitative estimate of drug-likeness (QED) is 0.317. The van der Waals surface area contributed by atoms with Crippen LogP contribution in [0.4, 0.5) is 0 Å². The number of thiophene rings is 2. The van der Waals surface area contributed by atoms with Crippen molar-refractivity contribution >= 4 is 72.1 Å². The average Bonchev–Trinajstić information content (AvgIpc) is 3.28. The number of carbonyl (C=O) groups excluding carboxylic acids is 3. The third-order valence-electron chi connectivity index (χ3n) is 4.60. The molecule has 0 bridgehead atoms. The highest BCUT2D eigenvalue weighted by Crippen LogP contribution is 2.35. The van der Waals surface area contributed by atoms with Gasteiger partial charge in [0.05, 0.1) is 9.90 Å². The molecule has 2 aromatic carbocycles. The highest BCUT2D eigenvalue weighted by molar-refractivity contribution is 7.21. The summed E-state index contributed by atoms with van der Waals surface area (Å²) in [6.07, 6.45) is 0. The van der Waals surface area contributed by atoms with Crippen LogP contribution in [0, 0.1) is 6.92 Å². The molecule has 2 aromatic heterocycles. The summed E-state index contributed by atoms with van der Waals surface area (Å²) in [5, 5.41) is 4.67. The van der Waals surface area contributed by atoms with Crippen LogP contribution in [0.5, 0.6) is 0 Å². The molecule has 152 valence electrons. The number of halogens is 1. The fourth-order valence-corrected chi connectivity index (χ4v) is 5.66. The lowest BCUT2D eigenvalue weighted by molar-refractivity contribution is -0.141. The number of ether oxygens (including phenoxy) is 1. The second-order valence-corrected chi connectivity index (χ2v) is 9.04. The minimum Gasteiger partial charge on any atom is -0.456 e. The molecule has 4 rings (SSSR count). The summed E-state index contributed by atoms with van der Waals surface area (Å²) in [5.74, 6) is -1.40. The lowest BCUT2D eigenvalue weighted by Gasteiger charge is -2.05. The lowest BCUT2D eigenvalue weighted by atomic mass is 10.1. The predicted octanol–water partition coefficient (Wildman–Crippen LogP) is 5.23. The van der Waals surface area contributed by atoms with Crippen LogP contribution >= 0.6 is 34.3 Å². The van der Waals surface area contributed by atoms with Gasteiger partial charge in [-0.3, -0.25) is 14.4 Å². The smallest absolute Gasteiger partial charge is 0.325 e. The number of carbonyl (C=O) groups is 3. The van der Waals surface area contributed by atoms with Crippen LogP contribution in [-0.4, -0.2) is 30.8 Å². The minimum atomic E-state index is -0.687. The van der Waals surface area contributed by atoms with Gasteiger partial charge in [-0.2, -0.15) is 0 Å². The molecule has 0 aliphatic rings. The Labute approximate surface area is 185 Å². The number of hydrogen-bond acceptors (Lipinski definition) is 6. The van der Waals surface area contributed by atoms with Crippen molar-refractivity contribution in [2.45, 2.75) is 6.92 Å². The Balaban J connectivity index is 1.34. The first kappa shape index (κ1) is 20.5. The third kappa shape index (κ3) is 3.96. The van der Waals surface area contributed by atoms with Gasteiger partial charge in [0.2, 0.25) is 5.78 Å². The van der Waals surface area contributed by atoms with Gasteiger partial charge in [0.15, 0.2) is 6.61 Å². The van der Waals surface area contributed by atoms with Crippen LogP contribution in [0.25, 0.3) is 20.2 Å². The van der Waals surface area contributed by atoms with Gasteiger partial charge in [0.25, 0.3) is 5.91 Å². The van der Waals surface area contributed by atoms with Crippen LogP contribution in [-0.2, 0) is 9.53 Å². The molecule has 2 heterocycles. The SMILES string of the molecule is Cc1c(C(=O)COC(=O)CNC(=O)c2sc3ccccc3c2Cl)sc2ccccc12. The second kappa shape index (κ2) is 8.55. The fourth-order valence-electron chi connectivity index (χ4n) is 3.10. The Kier molecular flexibility index (Phi) is 5.85. The Morgan fingerprint density at radius 3 is 2.20 bits per heavy atom. The summed E-state index contributed by atoms with van der Waals surface area (Å²) in [7, 11) is 0. The summed E-state index contributed by atoms with van der Waals surface area (Å²) in [6, 6.07) is 15.2. The molecule has 0 unspecified atom stereocenters. The first-order chi connectivity index (χ1) is 14.5. The van der Waals surface area contributed by atoms with Crippen molar-refractivity contribution in [1.29, 1.82) is 0 Å². The fraction of sp³-hybridized carbons (Fsp3) is 0.136. The standard InChI is InChI=1S/C22H16ClNO4S2/c1-12-13-6-2-4-8-16(13)29-20(12)15(25)11-28-18(26)10-24-22(27)21-19(23)14-7-3-5-9-17(14)30-21/h2-9H,10-11H2,1H3,(H,24,27). The van der Waals surface area contributed by atoms with Crippen molar-refractivity contribution in [3.8, 4) is 0 Å². The van der Waals surface area contributed by atoms with Crippen LogP contribution < -0.4 is 5.32 Å². The van der Waals surface area contributed by atoms with E-state index in [2.05, 4.69) is 5.32 Å². The monoisotopic (exact) mass is 457 g/mol. The Bertz CT molecular complexity index is 1190. The molecular weight excluding hydrogens is 442 g/mol. The molecule has 0 fully saturated rings. The minimum absolute atomic E-state index is 0.263. The second-order valence-electron chi connectivity index (χ2n) is 6.56. The Morgan fingerprint density at radius 2 is 1.53 bits per heavy atom. The molecule has 0 saturated heterocycles. The summed E-state index contributed by atoms with van der Waals surface area (Å²) in [4.78, 5) is 37.8. The highest BCUT2D eigenvalue weighted by atomic mass is 35.5. The van der Waals surface area contributed by atoms with Crippen LogP contribution in [0.1, 0.15) is 24.9 Å². The normalized spacial score (nSPS) is 11.0. The zero-order valence-electron chi connectivity index (χ0n) is 15.9. The van der Waals surface area contributed by atoms with E-state index >= 15 is 0 Å². The van der Waals surface area contributed by atoms with Gasteiger partial charge < -0.3 is 10.1 Å². The highest BCUT2D eigenvalue weighted by Gasteiger charge is 2.19. The number of fused-ring (bicyclic) bond motifs is 2. The van der Waals surface area contributed by atoms with Gasteiger partial charge in [-0.1, -0.05) is 48.0 Å². The summed E-state index contributed by atoms with van der Waals surface area (Å²) in [6.45, 7) is 1.16. The number of rotatable bonds is 6. The van der Waals surface area contributed by atoms with Gasteiger partial charge in [-0.25, -0.2) is 0 Å². The zero-order chi connectivity index (χ0) is 21.3. The molecule has 0 saturated carbocycles. The van der Waals surface area contributed by atoms with Crippen molar-refractivity contribution in [3.05, 3.63) is 68.9 Å². The average molecular weight is 458 g/mol. The number of hydrogen-bond donors (Lipinski definition) is 1. The maximum Gasteiger partial charge on any atom is 0.325 e. The van der Waals surface area contributed by atoms with Crippen molar-refractivity contribution in [2.24, 2.45) is 0 Å². The Morgan fingerprint density at radius 1 is 0.933 bits per heavy atom. The van der Waals surface area contributed by atoms with E-state index in [4.69, 9.17) is 16.3 Å². The van der Waals surface area contributed by atoms with E-state index in [1.54, 1.807) is 0 Å². The largest absolute Gasteiger partial charge is 0.456 e. The van der Waals surface area contributed by atoms with E-state index in [1.165, 1.54) is 22.7 Å². The molecule has 5 nitrogen and oxygen atoms in total. The third-order valence-corrected chi connectivity index (χ3v) is 7.58. The van der Waals surface area contributed by atoms with Gasteiger partial charge in [-0.05, 0) is 30.0 Å². The molecule has 8 heteroatoms. The zero-order valence-corrected chi connectivity index (χ0v) is 18.2. The molecule has 0 aliphatic heterocycles. The molecule has 0 atom stereocenters. The predicted molar refractivity (Wildman–Crippen MR) is 121 cm³/mol. The number of aryl methyl sites for hydroxylation is 1. The molecule has 0 radical (unpaired) electrons. The van der Waals surface area contributed by atoms with E-state index in [9.17, 15) is 14.4 Å². The van der Waals surface area contributed by atoms with E-state index in [-0.39, 0.29) is 18.9 Å². The molecule has 0 spiro atoms. The first-order valence-electron chi connectivity index (χ1n) is 9.08. The maximum atomic E-state index is 12.5. The van der Waals surface area contributed by atoms with Gasteiger partial charge in [-0.15, -0.1) is 22.7 Å². The van der Waals surface area contributed by atoms with Gasteiger partial charge in [0.1, 0.15) is 11.4 Å². The van der Waals surface area contributed by atoms with Crippen molar-refractivity contribution < 1.29 is 19.1 Å². The number of Topliss-reactive ketones (excluding diaryl/α,β-unsaturated/α-hetero) is 1. The molecule has 1 amide bonds. The van der Waals surface area contributed by atoms with Gasteiger partial charge >= 0.3 is 5.97 Å². The van der Waals surface area contributed by atoms with Crippen molar-refractivity contribution in [2.75, 3.05) is 13.2 Å². The van der Waals surface area contributed by atoms with Gasteiger partial charge in [0, 0.05) is 14.8 Å². The van der Waals surface area contributed by atoms with E-state index in [1.807, 2.05) is 55.5 Å². The van der Waals surface area contributed by atoms with Crippen LogP contribution in [0.3, 0.4) is 0 Å². The van der Waals surface area contributed by atoms with Crippen molar-refractivity contribution in [3.63, 3.8) is 0 Å². The van der Waals surface area contributed by atoms with Crippen LogP contribution in [0.15, 0.2) is 48.5 Å². The molecule has 1 N–H and O–H groups in total. The molecule has 0 aliphatic carbocycles. The number of amides is 1. The lowest BCUT2D eigenvalue weighted by Crippen LogP contribution is -2.31. The summed E-state index contributed by atoms with van der Waals surface area (Å²) < 4.78 is 6.96. The van der Waals surface area contributed by atoms with E-state index < -0.39 is 11.9 Å². The molecule has 4 aromatic rings. The number of nitrogens with one attached hydrogen (secondary N) is 1. The number of ketones is 1. The molecular formula is C22H16ClNO4S2. The summed E-state index contributed by atoms with van der Waals surface area (Å²) >= 11 is 8.91. The topological polar surface area (TPSA) is 72.5 Å². The summed E-state index contributed by atoms with van der Waals surface area (Å²) in [5.41, 5.74) is 0.879. The van der Waals surface area contributed by atoms with E-state index in [0.29, 0.717) is 14.8 Å². The van der Waals surface area contributed by atoms with Crippen LogP contribution in [0.2, 0.25) is 5.02 Å². The molecule has 30 heavy (non-hydrogen) atoms. The van der Waals surface area contributed by atoms with Crippen molar-refractivity contribution in [1.82, 2.24) is 5.32 Å². The number of esters is 1. The Hall–Kier alpha value is -2.74. The maximum absolute atomic E-state index is 12.5. The first-order valence-corrected chi connectivity index (χ1v) is 11.1.